The van der Waals surface area contributed by atoms with Crippen molar-refractivity contribution >= 4 is 5.91 Å². The molecule has 1 atom stereocenters. The summed E-state index contributed by atoms with van der Waals surface area (Å²) < 4.78 is 0. The highest BCUT2D eigenvalue weighted by molar-refractivity contribution is 5.92. The van der Waals surface area contributed by atoms with Crippen LogP contribution in [0.4, 0.5) is 0 Å². The maximum atomic E-state index is 11.3. The van der Waals surface area contributed by atoms with Crippen LogP contribution in [0.25, 0.3) is 0 Å². The van der Waals surface area contributed by atoms with Gasteiger partial charge >= 0.3 is 0 Å². The van der Waals surface area contributed by atoms with E-state index < -0.39 is 0 Å². The number of carbonyl (C=O) groups excluding carboxylic acids is 1. The first-order chi connectivity index (χ1) is 6.74. The Morgan fingerprint density at radius 2 is 2.36 bits per heavy atom. The first-order valence-corrected chi connectivity index (χ1v) is 4.94. The van der Waals surface area contributed by atoms with Crippen LogP contribution in [0, 0.1) is 5.92 Å². The van der Waals surface area contributed by atoms with Crippen molar-refractivity contribution in [2.75, 3.05) is 19.8 Å². The third-order valence-electron chi connectivity index (χ3n) is 2.30. The maximum Gasteiger partial charge on any atom is 0.246 e. The second-order valence-electron chi connectivity index (χ2n) is 3.43. The largest absolute Gasteiger partial charge is 0.352 e. The lowest BCUT2D eigenvalue weighted by atomic mass is 10.1. The van der Waals surface area contributed by atoms with Crippen molar-refractivity contribution < 1.29 is 14.6 Å². The Balaban J connectivity index is 2.18. The standard InChI is InChI=1S/C10H17NO3/c1-3-8(2)10(12)11-6-9-4-5-13-14-7-9/h9H,2-7H2,1H3,(H,11,12). The molecule has 4 nitrogen and oxygen atoms in total. The SMILES string of the molecule is C=C(CC)C(=O)NCC1CCOOC1. The topological polar surface area (TPSA) is 47.6 Å². The number of rotatable bonds is 4. The minimum absolute atomic E-state index is 0.0565. The Labute approximate surface area is 84.2 Å². The normalized spacial score (nSPS) is 21.6. The average Bonchev–Trinajstić information content (AvgIpc) is 2.26. The molecule has 1 unspecified atom stereocenters. The minimum atomic E-state index is -0.0565. The summed E-state index contributed by atoms with van der Waals surface area (Å²) in [7, 11) is 0. The van der Waals surface area contributed by atoms with Gasteiger partial charge in [-0.15, -0.1) is 0 Å². The molecule has 80 valence electrons. The molecule has 14 heavy (non-hydrogen) atoms. The molecule has 0 aliphatic carbocycles. The summed E-state index contributed by atoms with van der Waals surface area (Å²) in [5, 5.41) is 2.83. The van der Waals surface area contributed by atoms with E-state index in [2.05, 4.69) is 11.9 Å². The fraction of sp³-hybridized carbons (Fsp3) is 0.700. The lowest BCUT2D eigenvalue weighted by molar-refractivity contribution is -0.323. The van der Waals surface area contributed by atoms with Gasteiger partial charge in [0.05, 0.1) is 13.2 Å². The molecular formula is C10H17NO3. The van der Waals surface area contributed by atoms with Crippen molar-refractivity contribution in [1.82, 2.24) is 5.32 Å². The molecular weight excluding hydrogens is 182 g/mol. The van der Waals surface area contributed by atoms with E-state index in [0.717, 1.165) is 6.42 Å². The van der Waals surface area contributed by atoms with Crippen molar-refractivity contribution in [3.05, 3.63) is 12.2 Å². The number of amides is 1. The van der Waals surface area contributed by atoms with Crippen LogP contribution in [0.3, 0.4) is 0 Å². The molecule has 1 saturated heterocycles. The summed E-state index contributed by atoms with van der Waals surface area (Å²) in [5.74, 6) is 0.302. The molecule has 1 fully saturated rings. The third-order valence-corrected chi connectivity index (χ3v) is 2.30. The van der Waals surface area contributed by atoms with Gasteiger partial charge in [-0.3, -0.25) is 4.79 Å². The Morgan fingerprint density at radius 3 is 2.93 bits per heavy atom. The highest BCUT2D eigenvalue weighted by atomic mass is 17.2. The second-order valence-corrected chi connectivity index (χ2v) is 3.43. The van der Waals surface area contributed by atoms with Crippen LogP contribution in [0.5, 0.6) is 0 Å². The molecule has 0 saturated carbocycles. The Morgan fingerprint density at radius 1 is 1.57 bits per heavy atom. The summed E-state index contributed by atoms with van der Waals surface area (Å²) in [6, 6.07) is 0. The lowest BCUT2D eigenvalue weighted by Crippen LogP contribution is -2.34. The fourth-order valence-corrected chi connectivity index (χ4v) is 1.18. The molecule has 0 aromatic rings. The molecule has 1 heterocycles. The Kier molecular flexibility index (Phi) is 4.62. The molecule has 0 aromatic heterocycles. The van der Waals surface area contributed by atoms with Crippen LogP contribution in [0.1, 0.15) is 19.8 Å². The number of hydrogen-bond donors (Lipinski definition) is 1. The van der Waals surface area contributed by atoms with Gasteiger partial charge in [0.15, 0.2) is 0 Å². The number of hydrogen-bond acceptors (Lipinski definition) is 3. The molecule has 0 aromatic carbocycles. The third kappa shape index (κ3) is 3.47. The highest BCUT2D eigenvalue weighted by Gasteiger charge is 2.16. The molecule has 0 radical (unpaired) electrons. The second kappa shape index (κ2) is 5.78. The summed E-state index contributed by atoms with van der Waals surface area (Å²) in [6.07, 6.45) is 1.62. The van der Waals surface area contributed by atoms with Crippen molar-refractivity contribution in [1.29, 1.82) is 0 Å². The van der Waals surface area contributed by atoms with Gasteiger partial charge in [-0.25, -0.2) is 9.78 Å². The zero-order valence-corrected chi connectivity index (χ0v) is 8.54. The van der Waals surface area contributed by atoms with Gasteiger partial charge in [0.1, 0.15) is 0 Å². The molecule has 1 N–H and O–H groups in total. The van der Waals surface area contributed by atoms with Gasteiger partial charge in [0.25, 0.3) is 0 Å². The minimum Gasteiger partial charge on any atom is -0.352 e. The monoisotopic (exact) mass is 199 g/mol. The first kappa shape index (κ1) is 11.2. The summed E-state index contributed by atoms with van der Waals surface area (Å²) in [4.78, 5) is 20.9. The van der Waals surface area contributed by atoms with Crippen LogP contribution in [0.15, 0.2) is 12.2 Å². The van der Waals surface area contributed by atoms with Gasteiger partial charge in [0.2, 0.25) is 5.91 Å². The summed E-state index contributed by atoms with van der Waals surface area (Å²) in [5.41, 5.74) is 0.623. The van der Waals surface area contributed by atoms with Crippen LogP contribution < -0.4 is 5.32 Å². The van der Waals surface area contributed by atoms with Gasteiger partial charge in [-0.2, -0.15) is 0 Å². The fourth-order valence-electron chi connectivity index (χ4n) is 1.18. The molecule has 0 spiro atoms. The lowest BCUT2D eigenvalue weighted by Gasteiger charge is -2.21. The predicted molar refractivity (Wildman–Crippen MR) is 52.5 cm³/mol. The molecule has 1 aliphatic rings. The van der Waals surface area contributed by atoms with Crippen molar-refractivity contribution in [2.45, 2.75) is 19.8 Å². The maximum absolute atomic E-state index is 11.3. The first-order valence-electron chi connectivity index (χ1n) is 4.94. The van der Waals surface area contributed by atoms with Crippen molar-refractivity contribution in [3.8, 4) is 0 Å². The van der Waals surface area contributed by atoms with Gasteiger partial charge in [-0.1, -0.05) is 13.5 Å². The van der Waals surface area contributed by atoms with Crippen molar-refractivity contribution in [2.24, 2.45) is 5.92 Å². The van der Waals surface area contributed by atoms with E-state index in [1.54, 1.807) is 0 Å². The zero-order chi connectivity index (χ0) is 10.4. The van der Waals surface area contributed by atoms with Gasteiger partial charge < -0.3 is 5.32 Å². The van der Waals surface area contributed by atoms with Gasteiger partial charge in [0, 0.05) is 18.0 Å². The van der Waals surface area contributed by atoms with E-state index in [1.165, 1.54) is 0 Å². The molecule has 1 aliphatic heterocycles. The van der Waals surface area contributed by atoms with Crippen LogP contribution in [-0.4, -0.2) is 25.7 Å². The molecule has 1 rings (SSSR count). The molecule has 0 bridgehead atoms. The number of carbonyl (C=O) groups is 1. The van der Waals surface area contributed by atoms with Crippen LogP contribution in [0.2, 0.25) is 0 Å². The van der Waals surface area contributed by atoms with E-state index in [9.17, 15) is 4.79 Å². The summed E-state index contributed by atoms with van der Waals surface area (Å²) in [6.45, 7) is 7.39. The molecule has 4 heteroatoms. The number of nitrogens with one attached hydrogen (secondary N) is 1. The average molecular weight is 199 g/mol. The Bertz CT molecular complexity index is 209. The van der Waals surface area contributed by atoms with E-state index >= 15 is 0 Å². The van der Waals surface area contributed by atoms with Crippen molar-refractivity contribution in [3.63, 3.8) is 0 Å². The van der Waals surface area contributed by atoms with Crippen LogP contribution >= 0.6 is 0 Å². The van der Waals surface area contributed by atoms with E-state index in [-0.39, 0.29) is 5.91 Å². The van der Waals surface area contributed by atoms with E-state index in [1.807, 2.05) is 6.92 Å². The zero-order valence-electron chi connectivity index (χ0n) is 8.54. The highest BCUT2D eigenvalue weighted by Crippen LogP contribution is 2.09. The van der Waals surface area contributed by atoms with E-state index in [4.69, 9.17) is 9.78 Å². The smallest absolute Gasteiger partial charge is 0.246 e. The predicted octanol–water partition coefficient (Wildman–Crippen LogP) is 1.04. The Hall–Kier alpha value is -0.870. The van der Waals surface area contributed by atoms with Gasteiger partial charge in [-0.05, 0) is 12.8 Å². The summed E-state index contributed by atoms with van der Waals surface area (Å²) >= 11 is 0. The van der Waals surface area contributed by atoms with E-state index in [0.29, 0.717) is 37.7 Å². The van der Waals surface area contributed by atoms with Crippen LogP contribution in [-0.2, 0) is 14.6 Å². The molecule has 1 amide bonds. The quantitative estimate of drug-likeness (QED) is 0.543.